The third-order valence-corrected chi connectivity index (χ3v) is 3.93. The molecule has 2 aromatic carbocycles. The Labute approximate surface area is 133 Å². The summed E-state index contributed by atoms with van der Waals surface area (Å²) in [4.78, 5) is 12.7. The van der Waals surface area contributed by atoms with Gasteiger partial charge in [0.25, 0.3) is 0 Å². The second-order valence-corrected chi connectivity index (χ2v) is 5.93. The quantitative estimate of drug-likeness (QED) is 0.516. The summed E-state index contributed by atoms with van der Waals surface area (Å²) in [5, 5.41) is 4.63. The van der Waals surface area contributed by atoms with Crippen LogP contribution in [0.15, 0.2) is 58.5 Å². The monoisotopic (exact) mass is 318 g/mol. The standard InChI is InChI=1S/C16H15ClN2OS/c1-12-2-4-13(5-3-12)10-18-19-16(20)11-21-15-8-6-14(17)7-9-15/h2-10H,11H2,1H3,(H,19,20). The third kappa shape index (κ3) is 5.61. The van der Waals surface area contributed by atoms with E-state index in [1.807, 2.05) is 43.3 Å². The van der Waals surface area contributed by atoms with Gasteiger partial charge < -0.3 is 0 Å². The predicted octanol–water partition coefficient (Wildman–Crippen LogP) is 3.89. The summed E-state index contributed by atoms with van der Waals surface area (Å²) in [6.07, 6.45) is 1.63. The number of rotatable bonds is 5. The first-order chi connectivity index (χ1) is 10.1. The van der Waals surface area contributed by atoms with Crippen LogP contribution < -0.4 is 5.43 Å². The fourth-order valence-electron chi connectivity index (χ4n) is 1.54. The fourth-order valence-corrected chi connectivity index (χ4v) is 2.36. The van der Waals surface area contributed by atoms with Crippen LogP contribution in [-0.4, -0.2) is 17.9 Å². The van der Waals surface area contributed by atoms with E-state index in [2.05, 4.69) is 10.5 Å². The Morgan fingerprint density at radius 3 is 2.52 bits per heavy atom. The van der Waals surface area contributed by atoms with Crippen LogP contribution in [0.1, 0.15) is 11.1 Å². The molecule has 0 aliphatic carbocycles. The van der Waals surface area contributed by atoms with Crippen molar-refractivity contribution in [3.63, 3.8) is 0 Å². The summed E-state index contributed by atoms with van der Waals surface area (Å²) in [6.45, 7) is 2.02. The highest BCUT2D eigenvalue weighted by Gasteiger charge is 2.01. The van der Waals surface area contributed by atoms with Gasteiger partial charge in [0.2, 0.25) is 5.91 Å². The number of hydrogen-bond acceptors (Lipinski definition) is 3. The minimum atomic E-state index is -0.140. The molecule has 0 aliphatic heterocycles. The molecule has 0 fully saturated rings. The summed E-state index contributed by atoms with van der Waals surface area (Å²) < 4.78 is 0. The Morgan fingerprint density at radius 1 is 1.19 bits per heavy atom. The molecule has 0 aromatic heterocycles. The first-order valence-corrected chi connectivity index (χ1v) is 7.77. The van der Waals surface area contributed by atoms with Crippen LogP contribution in [0.2, 0.25) is 5.02 Å². The molecule has 5 heteroatoms. The number of amides is 1. The van der Waals surface area contributed by atoms with Crippen molar-refractivity contribution >= 4 is 35.5 Å². The zero-order valence-electron chi connectivity index (χ0n) is 11.5. The molecule has 0 radical (unpaired) electrons. The molecule has 108 valence electrons. The highest BCUT2D eigenvalue weighted by atomic mass is 35.5. The molecule has 0 bridgehead atoms. The minimum Gasteiger partial charge on any atom is -0.272 e. The molecule has 0 aliphatic rings. The zero-order chi connectivity index (χ0) is 15.1. The van der Waals surface area contributed by atoms with Crippen LogP contribution in [0, 0.1) is 6.92 Å². The molecule has 3 nitrogen and oxygen atoms in total. The number of hydrazone groups is 1. The molecule has 0 heterocycles. The topological polar surface area (TPSA) is 41.5 Å². The molecular weight excluding hydrogens is 304 g/mol. The molecule has 1 amide bonds. The van der Waals surface area contributed by atoms with E-state index in [9.17, 15) is 4.79 Å². The molecule has 21 heavy (non-hydrogen) atoms. The van der Waals surface area contributed by atoms with Crippen LogP contribution in [0.5, 0.6) is 0 Å². The van der Waals surface area contributed by atoms with Crippen LogP contribution >= 0.6 is 23.4 Å². The van der Waals surface area contributed by atoms with Crippen LogP contribution in [0.25, 0.3) is 0 Å². The molecule has 2 aromatic rings. The van der Waals surface area contributed by atoms with E-state index in [0.717, 1.165) is 10.5 Å². The van der Waals surface area contributed by atoms with Crippen molar-refractivity contribution in [3.8, 4) is 0 Å². The molecule has 0 saturated heterocycles. The van der Waals surface area contributed by atoms with Crippen LogP contribution in [-0.2, 0) is 4.79 Å². The van der Waals surface area contributed by atoms with E-state index in [-0.39, 0.29) is 5.91 Å². The summed E-state index contributed by atoms with van der Waals surface area (Å²) >= 11 is 7.24. The first kappa shape index (κ1) is 15.6. The summed E-state index contributed by atoms with van der Waals surface area (Å²) in [7, 11) is 0. The SMILES string of the molecule is Cc1ccc(C=NNC(=O)CSc2ccc(Cl)cc2)cc1. The molecule has 0 unspecified atom stereocenters. The van der Waals surface area contributed by atoms with E-state index in [1.54, 1.807) is 18.3 Å². The zero-order valence-corrected chi connectivity index (χ0v) is 13.1. The number of carbonyl (C=O) groups is 1. The minimum absolute atomic E-state index is 0.140. The van der Waals surface area contributed by atoms with Gasteiger partial charge in [-0.2, -0.15) is 5.10 Å². The smallest absolute Gasteiger partial charge is 0.250 e. The number of benzene rings is 2. The van der Waals surface area contributed by atoms with Gasteiger partial charge in [-0.25, -0.2) is 5.43 Å². The third-order valence-electron chi connectivity index (χ3n) is 2.66. The molecule has 2 rings (SSSR count). The normalized spacial score (nSPS) is 10.8. The van der Waals surface area contributed by atoms with Crippen molar-refractivity contribution in [1.29, 1.82) is 0 Å². The van der Waals surface area contributed by atoms with Crippen molar-refractivity contribution in [2.75, 3.05) is 5.75 Å². The van der Waals surface area contributed by atoms with Crippen LogP contribution in [0.3, 0.4) is 0 Å². The molecule has 0 saturated carbocycles. The molecular formula is C16H15ClN2OS. The number of nitrogens with one attached hydrogen (secondary N) is 1. The van der Waals surface area contributed by atoms with Crippen LogP contribution in [0.4, 0.5) is 0 Å². The average molecular weight is 319 g/mol. The lowest BCUT2D eigenvalue weighted by Gasteiger charge is -2.01. The lowest BCUT2D eigenvalue weighted by Crippen LogP contribution is -2.19. The van der Waals surface area contributed by atoms with Gasteiger partial charge in [0.1, 0.15) is 0 Å². The Hall–Kier alpha value is -1.78. The number of nitrogens with zero attached hydrogens (tertiary/aromatic N) is 1. The van der Waals surface area contributed by atoms with Gasteiger partial charge in [0, 0.05) is 9.92 Å². The average Bonchev–Trinajstić information content (AvgIpc) is 2.49. The van der Waals surface area contributed by atoms with E-state index < -0.39 is 0 Å². The van der Waals surface area contributed by atoms with Crippen molar-refractivity contribution < 1.29 is 4.79 Å². The van der Waals surface area contributed by atoms with E-state index >= 15 is 0 Å². The van der Waals surface area contributed by atoms with Gasteiger partial charge in [-0.05, 0) is 36.8 Å². The maximum atomic E-state index is 11.7. The second-order valence-electron chi connectivity index (χ2n) is 4.45. The van der Waals surface area contributed by atoms with Crippen molar-refractivity contribution in [2.24, 2.45) is 5.10 Å². The van der Waals surface area contributed by atoms with Gasteiger partial charge in [-0.15, -0.1) is 11.8 Å². The van der Waals surface area contributed by atoms with Gasteiger partial charge in [0.15, 0.2) is 0 Å². The van der Waals surface area contributed by atoms with Crippen molar-refractivity contribution in [1.82, 2.24) is 5.43 Å². The summed E-state index contributed by atoms with van der Waals surface area (Å²) in [5.74, 6) is 0.172. The second kappa shape index (κ2) is 7.86. The van der Waals surface area contributed by atoms with Gasteiger partial charge in [-0.3, -0.25) is 4.79 Å². The lowest BCUT2D eigenvalue weighted by molar-refractivity contribution is -0.118. The Balaban J connectivity index is 1.77. The Kier molecular flexibility index (Phi) is 5.84. The molecule has 0 atom stereocenters. The number of halogens is 1. The number of carbonyl (C=O) groups excluding carboxylic acids is 1. The maximum Gasteiger partial charge on any atom is 0.250 e. The van der Waals surface area contributed by atoms with Crippen molar-refractivity contribution in [2.45, 2.75) is 11.8 Å². The lowest BCUT2D eigenvalue weighted by atomic mass is 10.2. The van der Waals surface area contributed by atoms with Gasteiger partial charge in [-0.1, -0.05) is 41.4 Å². The van der Waals surface area contributed by atoms with E-state index in [0.29, 0.717) is 10.8 Å². The Bertz CT molecular complexity index is 624. The summed E-state index contributed by atoms with van der Waals surface area (Å²) in [5.41, 5.74) is 4.65. The molecule has 1 N–H and O–H groups in total. The summed E-state index contributed by atoms with van der Waals surface area (Å²) in [6, 6.07) is 15.3. The van der Waals surface area contributed by atoms with E-state index in [4.69, 9.17) is 11.6 Å². The van der Waals surface area contributed by atoms with Gasteiger partial charge >= 0.3 is 0 Å². The maximum absolute atomic E-state index is 11.7. The largest absolute Gasteiger partial charge is 0.272 e. The van der Waals surface area contributed by atoms with Gasteiger partial charge in [0.05, 0.1) is 12.0 Å². The number of thioether (sulfide) groups is 1. The highest BCUT2D eigenvalue weighted by Crippen LogP contribution is 2.19. The molecule has 0 spiro atoms. The predicted molar refractivity (Wildman–Crippen MR) is 89.1 cm³/mol. The Morgan fingerprint density at radius 2 is 1.86 bits per heavy atom. The van der Waals surface area contributed by atoms with Crippen molar-refractivity contribution in [3.05, 3.63) is 64.7 Å². The number of hydrogen-bond donors (Lipinski definition) is 1. The van der Waals surface area contributed by atoms with E-state index in [1.165, 1.54) is 17.3 Å². The number of aryl methyl sites for hydroxylation is 1. The first-order valence-electron chi connectivity index (χ1n) is 6.40. The highest BCUT2D eigenvalue weighted by molar-refractivity contribution is 8.00. The fraction of sp³-hybridized carbons (Fsp3) is 0.125.